The Morgan fingerprint density at radius 3 is 2.79 bits per heavy atom. The van der Waals surface area contributed by atoms with E-state index in [0.717, 1.165) is 23.8 Å². The van der Waals surface area contributed by atoms with Crippen LogP contribution in [0.4, 0.5) is 10.1 Å². The van der Waals surface area contributed by atoms with Gasteiger partial charge in [-0.1, -0.05) is 32.5 Å². The van der Waals surface area contributed by atoms with Crippen molar-refractivity contribution < 1.29 is 4.39 Å². The SMILES string of the molecule is Cc1cc(NC2=NCC(CC(C)(C)C)S2)ccc1F. The summed E-state index contributed by atoms with van der Waals surface area (Å²) in [5.41, 5.74) is 1.89. The van der Waals surface area contributed by atoms with Crippen molar-refractivity contribution >= 4 is 22.6 Å². The molecule has 2 nitrogen and oxygen atoms in total. The number of nitrogens with one attached hydrogen (secondary N) is 1. The van der Waals surface area contributed by atoms with Crippen molar-refractivity contribution in [3.63, 3.8) is 0 Å². The van der Waals surface area contributed by atoms with Gasteiger partial charge in [0.1, 0.15) is 5.82 Å². The first-order chi connectivity index (χ1) is 8.83. The number of thioether (sulfide) groups is 1. The summed E-state index contributed by atoms with van der Waals surface area (Å²) in [5, 5.41) is 4.76. The highest BCUT2D eigenvalue weighted by molar-refractivity contribution is 8.15. The summed E-state index contributed by atoms with van der Waals surface area (Å²) < 4.78 is 13.2. The fourth-order valence-electron chi connectivity index (χ4n) is 2.12. The van der Waals surface area contributed by atoms with Crippen molar-refractivity contribution in [3.05, 3.63) is 29.6 Å². The summed E-state index contributed by atoms with van der Waals surface area (Å²) >= 11 is 1.79. The zero-order chi connectivity index (χ0) is 14.0. The molecule has 0 spiro atoms. The number of hydrogen-bond donors (Lipinski definition) is 1. The van der Waals surface area contributed by atoms with Crippen molar-refractivity contribution in [1.29, 1.82) is 0 Å². The Balaban J connectivity index is 1.93. The summed E-state index contributed by atoms with van der Waals surface area (Å²) in [6.45, 7) is 9.39. The van der Waals surface area contributed by atoms with Crippen LogP contribution < -0.4 is 5.32 Å². The van der Waals surface area contributed by atoms with E-state index in [2.05, 4.69) is 31.1 Å². The molecule has 19 heavy (non-hydrogen) atoms. The Bertz CT molecular complexity index is 491. The van der Waals surface area contributed by atoms with Gasteiger partial charge >= 0.3 is 0 Å². The first kappa shape index (κ1) is 14.4. The quantitative estimate of drug-likeness (QED) is 0.865. The number of benzene rings is 1. The third kappa shape index (κ3) is 4.23. The number of aliphatic imine (C=N–C) groups is 1. The van der Waals surface area contributed by atoms with Gasteiger partial charge in [0.15, 0.2) is 5.17 Å². The van der Waals surface area contributed by atoms with Gasteiger partial charge in [0, 0.05) is 10.9 Å². The Kier molecular flexibility index (Phi) is 4.19. The monoisotopic (exact) mass is 280 g/mol. The second-order valence-electron chi connectivity index (χ2n) is 6.24. The molecule has 1 aromatic carbocycles. The van der Waals surface area contributed by atoms with E-state index in [1.807, 2.05) is 6.07 Å². The van der Waals surface area contributed by atoms with Crippen molar-refractivity contribution in [1.82, 2.24) is 0 Å². The van der Waals surface area contributed by atoms with Crippen LogP contribution in [0.25, 0.3) is 0 Å². The minimum atomic E-state index is -0.169. The highest BCUT2D eigenvalue weighted by Gasteiger charge is 2.25. The van der Waals surface area contributed by atoms with Crippen LogP contribution in [-0.2, 0) is 0 Å². The molecular weight excluding hydrogens is 259 g/mol. The highest BCUT2D eigenvalue weighted by atomic mass is 32.2. The summed E-state index contributed by atoms with van der Waals surface area (Å²) in [5.74, 6) is -0.169. The Morgan fingerprint density at radius 1 is 1.42 bits per heavy atom. The molecule has 0 aromatic heterocycles. The minimum absolute atomic E-state index is 0.169. The average Bonchev–Trinajstić information content (AvgIpc) is 2.68. The Hall–Kier alpha value is -1.03. The zero-order valence-corrected chi connectivity index (χ0v) is 12.8. The van der Waals surface area contributed by atoms with Crippen LogP contribution in [0.2, 0.25) is 0 Å². The van der Waals surface area contributed by atoms with Gasteiger partial charge in [0.25, 0.3) is 0 Å². The van der Waals surface area contributed by atoms with Crippen molar-refractivity contribution in [2.75, 3.05) is 11.9 Å². The maximum Gasteiger partial charge on any atom is 0.161 e. The molecule has 0 aliphatic carbocycles. The summed E-state index contributed by atoms with van der Waals surface area (Å²) in [7, 11) is 0. The molecule has 1 heterocycles. The molecular formula is C15H21FN2S. The summed E-state index contributed by atoms with van der Waals surface area (Å²) in [6, 6.07) is 5.06. The molecule has 0 saturated carbocycles. The summed E-state index contributed by atoms with van der Waals surface area (Å²) in [4.78, 5) is 4.52. The molecule has 2 rings (SSSR count). The molecule has 1 aliphatic rings. The second-order valence-corrected chi connectivity index (χ2v) is 7.53. The highest BCUT2D eigenvalue weighted by Crippen LogP contribution is 2.32. The number of aryl methyl sites for hydroxylation is 1. The predicted octanol–water partition coefficient (Wildman–Crippen LogP) is 4.45. The normalized spacial score (nSPS) is 19.4. The van der Waals surface area contributed by atoms with Gasteiger partial charge in [-0.05, 0) is 42.5 Å². The fraction of sp³-hybridized carbons (Fsp3) is 0.533. The number of nitrogens with zero attached hydrogens (tertiary/aromatic N) is 1. The van der Waals surface area contributed by atoms with Crippen LogP contribution in [0, 0.1) is 18.2 Å². The molecule has 1 N–H and O–H groups in total. The van der Waals surface area contributed by atoms with Crippen LogP contribution in [0.3, 0.4) is 0 Å². The van der Waals surface area contributed by atoms with Gasteiger partial charge in [-0.15, -0.1) is 0 Å². The molecule has 0 radical (unpaired) electrons. The third-order valence-corrected chi connectivity index (χ3v) is 4.07. The lowest BCUT2D eigenvalue weighted by atomic mass is 9.90. The maximum atomic E-state index is 13.2. The molecule has 0 saturated heterocycles. The lowest BCUT2D eigenvalue weighted by molar-refractivity contribution is 0.375. The van der Waals surface area contributed by atoms with E-state index in [0.29, 0.717) is 16.2 Å². The second kappa shape index (κ2) is 5.53. The smallest absolute Gasteiger partial charge is 0.161 e. The number of hydrogen-bond acceptors (Lipinski definition) is 3. The number of rotatable bonds is 2. The first-order valence-electron chi connectivity index (χ1n) is 6.58. The third-order valence-electron chi connectivity index (χ3n) is 2.97. The molecule has 1 aromatic rings. The van der Waals surface area contributed by atoms with E-state index in [9.17, 15) is 4.39 Å². The van der Waals surface area contributed by atoms with Crippen molar-refractivity contribution in [2.24, 2.45) is 10.4 Å². The van der Waals surface area contributed by atoms with E-state index < -0.39 is 0 Å². The Morgan fingerprint density at radius 2 is 2.16 bits per heavy atom. The lowest BCUT2D eigenvalue weighted by Crippen LogP contribution is -2.16. The summed E-state index contributed by atoms with van der Waals surface area (Å²) in [6.07, 6.45) is 1.15. The van der Waals surface area contributed by atoms with Gasteiger partial charge in [-0.25, -0.2) is 4.39 Å². The van der Waals surface area contributed by atoms with E-state index in [1.165, 1.54) is 6.07 Å². The zero-order valence-electron chi connectivity index (χ0n) is 12.0. The van der Waals surface area contributed by atoms with Gasteiger partial charge in [0.2, 0.25) is 0 Å². The van der Waals surface area contributed by atoms with Crippen LogP contribution in [0.15, 0.2) is 23.2 Å². The molecule has 1 atom stereocenters. The standard InChI is InChI=1S/C15H21FN2S/c1-10-7-11(5-6-13(10)16)18-14-17-9-12(19-14)8-15(2,3)4/h5-7,12H,8-9H2,1-4H3,(H,17,18). The van der Waals surface area contributed by atoms with Crippen LogP contribution in [0.1, 0.15) is 32.8 Å². The van der Waals surface area contributed by atoms with Crippen molar-refractivity contribution in [2.45, 2.75) is 39.4 Å². The van der Waals surface area contributed by atoms with Crippen LogP contribution in [0.5, 0.6) is 0 Å². The molecule has 0 amide bonds. The van der Waals surface area contributed by atoms with Crippen molar-refractivity contribution in [3.8, 4) is 0 Å². The van der Waals surface area contributed by atoms with E-state index in [1.54, 1.807) is 24.8 Å². The fourth-order valence-corrected chi connectivity index (χ4v) is 3.50. The maximum absolute atomic E-state index is 13.2. The number of anilines is 1. The lowest BCUT2D eigenvalue weighted by Gasteiger charge is -2.21. The number of halogens is 1. The molecule has 4 heteroatoms. The van der Waals surface area contributed by atoms with Gasteiger partial charge in [0.05, 0.1) is 6.54 Å². The molecule has 0 fully saturated rings. The van der Waals surface area contributed by atoms with Crippen LogP contribution >= 0.6 is 11.8 Å². The Labute approximate surface area is 118 Å². The largest absolute Gasteiger partial charge is 0.335 e. The molecule has 0 bridgehead atoms. The molecule has 1 aliphatic heterocycles. The van der Waals surface area contributed by atoms with Crippen LogP contribution in [-0.4, -0.2) is 17.0 Å². The molecule has 104 valence electrons. The van der Waals surface area contributed by atoms with Gasteiger partial charge in [-0.2, -0.15) is 0 Å². The minimum Gasteiger partial charge on any atom is -0.335 e. The predicted molar refractivity (Wildman–Crippen MR) is 82.5 cm³/mol. The van der Waals surface area contributed by atoms with Gasteiger partial charge < -0.3 is 5.32 Å². The van der Waals surface area contributed by atoms with E-state index >= 15 is 0 Å². The van der Waals surface area contributed by atoms with E-state index in [-0.39, 0.29) is 5.82 Å². The number of amidine groups is 1. The first-order valence-corrected chi connectivity index (χ1v) is 7.46. The average molecular weight is 280 g/mol. The molecule has 1 unspecified atom stereocenters. The van der Waals surface area contributed by atoms with E-state index in [4.69, 9.17) is 0 Å². The topological polar surface area (TPSA) is 24.4 Å². The van der Waals surface area contributed by atoms with Gasteiger partial charge in [-0.3, -0.25) is 4.99 Å².